The number of hydrogen-bond acceptors (Lipinski definition) is 3. The van der Waals surface area contributed by atoms with Gasteiger partial charge in [-0.3, -0.25) is 4.79 Å². The molecule has 0 atom stereocenters. The molecule has 0 unspecified atom stereocenters. The summed E-state index contributed by atoms with van der Waals surface area (Å²) < 4.78 is 5.46. The van der Waals surface area contributed by atoms with Gasteiger partial charge in [-0.05, 0) is 50.3 Å². The van der Waals surface area contributed by atoms with E-state index in [9.17, 15) is 9.59 Å². The molecule has 0 saturated carbocycles. The van der Waals surface area contributed by atoms with E-state index in [2.05, 4.69) is 18.2 Å². The van der Waals surface area contributed by atoms with Crippen LogP contribution < -0.4 is 0 Å². The topological polar surface area (TPSA) is 49.9 Å². The molecule has 1 fully saturated rings. The maximum absolute atomic E-state index is 12.2. The number of ether oxygens (including phenoxy) is 1. The summed E-state index contributed by atoms with van der Waals surface area (Å²) in [6.45, 7) is 8.36. The number of carbonyl (C=O) groups excluding carboxylic acids is 2. The van der Waals surface area contributed by atoms with Gasteiger partial charge in [0.05, 0.1) is 0 Å². The molecule has 5 heteroatoms. The molecule has 0 aliphatic carbocycles. The van der Waals surface area contributed by atoms with Gasteiger partial charge in [-0.2, -0.15) is 0 Å². The van der Waals surface area contributed by atoms with Gasteiger partial charge in [0.25, 0.3) is 0 Å². The SMILES string of the molecule is CC(C)(C)OC(=O)N1CC=C(c2ccccc2CN2CCCC2=O)CC1. The van der Waals surface area contributed by atoms with Gasteiger partial charge in [0.1, 0.15) is 5.60 Å². The molecule has 2 amide bonds. The number of benzene rings is 1. The molecule has 0 radical (unpaired) electrons. The first-order valence-electron chi connectivity index (χ1n) is 9.36. The quantitative estimate of drug-likeness (QED) is 0.827. The van der Waals surface area contributed by atoms with E-state index in [4.69, 9.17) is 4.74 Å². The predicted octanol–water partition coefficient (Wildman–Crippen LogP) is 3.83. The summed E-state index contributed by atoms with van der Waals surface area (Å²) in [5.41, 5.74) is 3.14. The minimum absolute atomic E-state index is 0.244. The Morgan fingerprint density at radius 1 is 1.15 bits per heavy atom. The zero-order chi connectivity index (χ0) is 18.7. The number of amides is 2. The van der Waals surface area contributed by atoms with Gasteiger partial charge >= 0.3 is 6.09 Å². The smallest absolute Gasteiger partial charge is 0.410 e. The molecule has 2 aliphatic heterocycles. The van der Waals surface area contributed by atoms with Crippen molar-refractivity contribution in [3.8, 4) is 0 Å². The fourth-order valence-electron chi connectivity index (χ4n) is 3.45. The minimum Gasteiger partial charge on any atom is -0.444 e. The summed E-state index contributed by atoms with van der Waals surface area (Å²) in [6.07, 6.45) is 4.26. The largest absolute Gasteiger partial charge is 0.444 e. The van der Waals surface area contributed by atoms with Crippen LogP contribution in [0.4, 0.5) is 4.79 Å². The summed E-state index contributed by atoms with van der Waals surface area (Å²) in [5, 5.41) is 0. The highest BCUT2D eigenvalue weighted by molar-refractivity contribution is 5.78. The molecule has 0 N–H and O–H groups in total. The average molecular weight is 356 g/mol. The van der Waals surface area contributed by atoms with Crippen LogP contribution >= 0.6 is 0 Å². The van der Waals surface area contributed by atoms with E-state index in [-0.39, 0.29) is 12.0 Å². The zero-order valence-corrected chi connectivity index (χ0v) is 16.0. The molecule has 5 nitrogen and oxygen atoms in total. The number of likely N-dealkylation sites (tertiary alicyclic amines) is 1. The van der Waals surface area contributed by atoms with Crippen molar-refractivity contribution in [2.24, 2.45) is 0 Å². The number of nitrogens with zero attached hydrogens (tertiary/aromatic N) is 2. The highest BCUT2D eigenvalue weighted by atomic mass is 16.6. The molecule has 0 aromatic heterocycles. The molecule has 3 rings (SSSR count). The van der Waals surface area contributed by atoms with Crippen LogP contribution in [-0.4, -0.2) is 47.0 Å². The van der Waals surface area contributed by atoms with E-state index in [1.807, 2.05) is 37.8 Å². The summed E-state index contributed by atoms with van der Waals surface area (Å²) >= 11 is 0. The lowest BCUT2D eigenvalue weighted by molar-refractivity contribution is -0.128. The van der Waals surface area contributed by atoms with Crippen molar-refractivity contribution in [2.45, 2.75) is 52.2 Å². The summed E-state index contributed by atoms with van der Waals surface area (Å²) in [5.74, 6) is 0.244. The lowest BCUT2D eigenvalue weighted by Crippen LogP contribution is -2.39. The Morgan fingerprint density at radius 2 is 1.92 bits per heavy atom. The van der Waals surface area contributed by atoms with E-state index in [1.165, 1.54) is 16.7 Å². The fourth-order valence-corrected chi connectivity index (χ4v) is 3.45. The van der Waals surface area contributed by atoms with Gasteiger partial charge in [0.15, 0.2) is 0 Å². The lowest BCUT2D eigenvalue weighted by Gasteiger charge is -2.30. The van der Waals surface area contributed by atoms with Crippen LogP contribution in [0.3, 0.4) is 0 Å². The molecule has 140 valence electrons. The molecule has 1 aromatic carbocycles. The second-order valence-electron chi connectivity index (χ2n) is 7.98. The Morgan fingerprint density at radius 3 is 2.54 bits per heavy atom. The van der Waals surface area contributed by atoms with Gasteiger partial charge < -0.3 is 14.5 Å². The van der Waals surface area contributed by atoms with E-state index in [1.54, 1.807) is 4.90 Å². The molecule has 0 bridgehead atoms. The van der Waals surface area contributed by atoms with Crippen molar-refractivity contribution in [2.75, 3.05) is 19.6 Å². The molecular formula is C21H28N2O3. The highest BCUT2D eigenvalue weighted by Gasteiger charge is 2.25. The van der Waals surface area contributed by atoms with Gasteiger partial charge in [-0.15, -0.1) is 0 Å². The fraction of sp³-hybridized carbons (Fsp3) is 0.524. The Labute approximate surface area is 155 Å². The van der Waals surface area contributed by atoms with Crippen molar-refractivity contribution >= 4 is 17.6 Å². The number of carbonyl (C=O) groups is 2. The molecular weight excluding hydrogens is 328 g/mol. The zero-order valence-electron chi connectivity index (χ0n) is 16.0. The first kappa shape index (κ1) is 18.5. The van der Waals surface area contributed by atoms with Gasteiger partial charge in [-0.1, -0.05) is 30.3 Å². The van der Waals surface area contributed by atoms with E-state index in [0.717, 1.165) is 19.4 Å². The molecule has 26 heavy (non-hydrogen) atoms. The maximum atomic E-state index is 12.2. The van der Waals surface area contributed by atoms with E-state index >= 15 is 0 Å². The van der Waals surface area contributed by atoms with Crippen LogP contribution in [0, 0.1) is 0 Å². The maximum Gasteiger partial charge on any atom is 0.410 e. The Hall–Kier alpha value is -2.30. The molecule has 0 spiro atoms. The van der Waals surface area contributed by atoms with Crippen molar-refractivity contribution in [3.63, 3.8) is 0 Å². The normalized spacial score (nSPS) is 18.1. The minimum atomic E-state index is -0.476. The van der Waals surface area contributed by atoms with Crippen molar-refractivity contribution in [1.29, 1.82) is 0 Å². The van der Waals surface area contributed by atoms with Crippen LogP contribution in [0.15, 0.2) is 30.3 Å². The average Bonchev–Trinajstić information content (AvgIpc) is 2.99. The van der Waals surface area contributed by atoms with Crippen molar-refractivity contribution < 1.29 is 14.3 Å². The third-order valence-electron chi connectivity index (χ3n) is 4.76. The third-order valence-corrected chi connectivity index (χ3v) is 4.76. The van der Waals surface area contributed by atoms with Crippen molar-refractivity contribution in [1.82, 2.24) is 9.80 Å². The number of rotatable bonds is 3. The first-order chi connectivity index (χ1) is 12.3. The number of hydrogen-bond donors (Lipinski definition) is 0. The Bertz CT molecular complexity index is 718. The molecule has 2 heterocycles. The second-order valence-corrected chi connectivity index (χ2v) is 7.98. The Balaban J connectivity index is 1.70. The third kappa shape index (κ3) is 4.45. The van der Waals surface area contributed by atoms with Crippen LogP contribution in [0.2, 0.25) is 0 Å². The second kappa shape index (κ2) is 7.52. The Kier molecular flexibility index (Phi) is 5.35. The monoisotopic (exact) mass is 356 g/mol. The molecule has 1 saturated heterocycles. The van der Waals surface area contributed by atoms with Crippen LogP contribution in [-0.2, 0) is 16.1 Å². The van der Waals surface area contributed by atoms with Gasteiger partial charge in [0.2, 0.25) is 5.91 Å². The lowest BCUT2D eigenvalue weighted by atomic mass is 9.94. The summed E-state index contributed by atoms with van der Waals surface area (Å²) in [7, 11) is 0. The van der Waals surface area contributed by atoms with Crippen LogP contribution in [0.25, 0.3) is 5.57 Å². The summed E-state index contributed by atoms with van der Waals surface area (Å²) in [6, 6.07) is 8.27. The highest BCUT2D eigenvalue weighted by Crippen LogP contribution is 2.28. The standard InChI is InChI=1S/C21H28N2O3/c1-21(2,3)26-20(25)22-13-10-16(11-14-22)18-8-5-4-7-17(18)15-23-12-6-9-19(23)24/h4-5,7-8,10H,6,9,11-15H2,1-3H3. The van der Waals surface area contributed by atoms with E-state index in [0.29, 0.717) is 26.1 Å². The van der Waals surface area contributed by atoms with E-state index < -0.39 is 5.60 Å². The van der Waals surface area contributed by atoms with Gasteiger partial charge in [-0.25, -0.2) is 4.79 Å². The van der Waals surface area contributed by atoms with Crippen LogP contribution in [0.5, 0.6) is 0 Å². The predicted molar refractivity (Wildman–Crippen MR) is 101 cm³/mol. The molecule has 2 aliphatic rings. The summed E-state index contributed by atoms with van der Waals surface area (Å²) in [4.78, 5) is 27.8. The van der Waals surface area contributed by atoms with Crippen molar-refractivity contribution in [3.05, 3.63) is 41.5 Å². The van der Waals surface area contributed by atoms with Gasteiger partial charge in [0, 0.05) is 32.6 Å². The molecule has 1 aromatic rings. The first-order valence-corrected chi connectivity index (χ1v) is 9.36. The van der Waals surface area contributed by atoms with Crippen LogP contribution in [0.1, 0.15) is 51.2 Å².